The van der Waals surface area contributed by atoms with Gasteiger partial charge in [-0.3, -0.25) is 4.98 Å². The van der Waals surface area contributed by atoms with Crippen LogP contribution in [-0.4, -0.2) is 43.0 Å². The molecule has 0 aliphatic rings. The first-order valence-electron chi connectivity index (χ1n) is 9.61. The molecule has 0 aliphatic carbocycles. The van der Waals surface area contributed by atoms with E-state index in [0.717, 1.165) is 10.9 Å². The molecule has 0 fully saturated rings. The van der Waals surface area contributed by atoms with Crippen molar-refractivity contribution in [3.8, 4) is 22.7 Å². The van der Waals surface area contributed by atoms with Crippen LogP contribution in [-0.2, 0) is 6.54 Å². The highest BCUT2D eigenvalue weighted by Crippen LogP contribution is 2.33. The fourth-order valence-electron chi connectivity index (χ4n) is 3.56. The highest BCUT2D eigenvalue weighted by atomic mass is 35.5. The van der Waals surface area contributed by atoms with Crippen molar-refractivity contribution in [2.45, 2.75) is 13.2 Å². The lowest BCUT2D eigenvalue weighted by molar-refractivity contribution is -0.0498. The van der Waals surface area contributed by atoms with Gasteiger partial charge in [0, 0.05) is 35.5 Å². The lowest BCUT2D eigenvalue weighted by Gasteiger charge is -2.12. The lowest BCUT2D eigenvalue weighted by Crippen LogP contribution is -2.08. The van der Waals surface area contributed by atoms with Crippen LogP contribution >= 0.6 is 11.6 Å². The van der Waals surface area contributed by atoms with Gasteiger partial charge in [-0.2, -0.15) is 19.0 Å². The van der Waals surface area contributed by atoms with Gasteiger partial charge in [0.15, 0.2) is 11.4 Å². The molecule has 5 aromatic rings. The van der Waals surface area contributed by atoms with Crippen LogP contribution in [0.5, 0.6) is 5.75 Å². The van der Waals surface area contributed by atoms with E-state index >= 15 is 0 Å². The third-order valence-corrected chi connectivity index (χ3v) is 5.14. The van der Waals surface area contributed by atoms with E-state index in [1.54, 1.807) is 42.4 Å². The number of benzene rings is 1. The molecule has 1 aromatic carbocycles. The molecular formula is C21H16ClF2N7O. The number of alkyl halides is 2. The number of nitrogens with zero attached hydrogens (tertiary/aromatic N) is 6. The van der Waals surface area contributed by atoms with Crippen LogP contribution in [0.1, 0.15) is 5.69 Å². The second kappa shape index (κ2) is 8.13. The predicted molar refractivity (Wildman–Crippen MR) is 115 cm³/mol. The van der Waals surface area contributed by atoms with E-state index in [1.165, 1.54) is 22.9 Å². The summed E-state index contributed by atoms with van der Waals surface area (Å²) < 4.78 is 34.0. The Bertz CT molecular complexity index is 1430. The molecule has 0 saturated carbocycles. The largest absolute Gasteiger partial charge is 0.433 e. The van der Waals surface area contributed by atoms with Crippen LogP contribution in [0.3, 0.4) is 0 Å². The molecular weight excluding hydrogens is 440 g/mol. The number of ether oxygens (including phenoxy) is 1. The van der Waals surface area contributed by atoms with Crippen molar-refractivity contribution in [3.63, 3.8) is 0 Å². The first-order chi connectivity index (χ1) is 15.5. The normalized spacial score (nSPS) is 11.7. The molecule has 5 rings (SSSR count). The van der Waals surface area contributed by atoms with E-state index in [4.69, 9.17) is 16.3 Å². The molecule has 0 unspecified atom stereocenters. The molecule has 0 atom stereocenters. The molecule has 1 N–H and O–H groups in total. The van der Waals surface area contributed by atoms with Gasteiger partial charge < -0.3 is 10.1 Å². The summed E-state index contributed by atoms with van der Waals surface area (Å²) in [5, 5.41) is 13.1. The molecule has 0 radical (unpaired) electrons. The van der Waals surface area contributed by atoms with Gasteiger partial charge in [0.2, 0.25) is 0 Å². The number of aromatic nitrogens is 6. The van der Waals surface area contributed by atoms with Crippen molar-refractivity contribution in [3.05, 3.63) is 65.8 Å². The van der Waals surface area contributed by atoms with Crippen LogP contribution in [0.4, 0.5) is 8.78 Å². The highest BCUT2D eigenvalue weighted by molar-refractivity contribution is 6.30. The quantitative estimate of drug-likeness (QED) is 0.415. The lowest BCUT2D eigenvalue weighted by atomic mass is 10.1. The van der Waals surface area contributed by atoms with E-state index in [-0.39, 0.29) is 5.75 Å². The van der Waals surface area contributed by atoms with Gasteiger partial charge in [0.25, 0.3) is 0 Å². The maximum atomic E-state index is 13.0. The van der Waals surface area contributed by atoms with E-state index in [2.05, 4.69) is 25.5 Å². The second-order valence-corrected chi connectivity index (χ2v) is 7.35. The zero-order valence-corrected chi connectivity index (χ0v) is 17.5. The van der Waals surface area contributed by atoms with Crippen molar-refractivity contribution in [1.82, 2.24) is 34.7 Å². The van der Waals surface area contributed by atoms with Gasteiger partial charge in [-0.15, -0.1) is 0 Å². The number of hydrogen-bond acceptors (Lipinski definition) is 6. The predicted octanol–water partition coefficient (Wildman–Crippen LogP) is 4.10. The zero-order chi connectivity index (χ0) is 22.2. The minimum absolute atomic E-state index is 0.0409. The van der Waals surface area contributed by atoms with Gasteiger partial charge in [0.05, 0.1) is 28.7 Å². The summed E-state index contributed by atoms with van der Waals surface area (Å²) in [6.45, 7) is -2.54. The fourth-order valence-corrected chi connectivity index (χ4v) is 3.73. The number of hydrogen-bond donors (Lipinski definition) is 1. The molecule has 0 aliphatic heterocycles. The van der Waals surface area contributed by atoms with Crippen LogP contribution in [0.25, 0.3) is 33.5 Å². The Labute approximate surface area is 185 Å². The van der Waals surface area contributed by atoms with Crippen molar-refractivity contribution in [2.75, 3.05) is 7.05 Å². The SMILES string of the molecule is CNCc1nn(-c2cc(Cl)ccc2OC(F)F)c2cc(-c3cnn4cccnc34)ncc12. The standard InChI is InChI=1S/C21H16ClF2N7O/c1-25-11-16-13-9-27-15(14-10-28-30-6-2-5-26-20(14)30)8-17(13)31(29-16)18-7-12(22)3-4-19(18)32-21(23)24/h2-10,21,25H,11H2,1H3. The smallest absolute Gasteiger partial charge is 0.387 e. The number of pyridine rings is 1. The van der Waals surface area contributed by atoms with Crippen LogP contribution in [0.2, 0.25) is 5.02 Å². The van der Waals surface area contributed by atoms with Crippen LogP contribution < -0.4 is 10.1 Å². The average Bonchev–Trinajstić information content (AvgIpc) is 3.36. The molecule has 0 saturated heterocycles. The molecule has 0 amide bonds. The average molecular weight is 456 g/mol. The summed E-state index contributed by atoms with van der Waals surface area (Å²) in [6, 6.07) is 8.02. The molecule has 162 valence electrons. The molecule has 4 heterocycles. The van der Waals surface area contributed by atoms with Crippen molar-refractivity contribution < 1.29 is 13.5 Å². The summed E-state index contributed by atoms with van der Waals surface area (Å²) in [6.07, 6.45) is 6.84. The van der Waals surface area contributed by atoms with Crippen molar-refractivity contribution in [2.24, 2.45) is 0 Å². The minimum atomic E-state index is -2.99. The number of rotatable bonds is 6. The molecule has 11 heteroatoms. The van der Waals surface area contributed by atoms with Crippen LogP contribution in [0, 0.1) is 0 Å². The Hall–Kier alpha value is -3.63. The van der Waals surface area contributed by atoms with E-state index in [0.29, 0.717) is 39.8 Å². The zero-order valence-electron chi connectivity index (χ0n) is 16.7. The number of nitrogens with one attached hydrogen (secondary N) is 1. The van der Waals surface area contributed by atoms with Gasteiger partial charge in [0.1, 0.15) is 5.69 Å². The Morgan fingerprint density at radius 2 is 2.06 bits per heavy atom. The third-order valence-electron chi connectivity index (χ3n) is 4.91. The van der Waals surface area contributed by atoms with Gasteiger partial charge in [-0.25, -0.2) is 14.2 Å². The summed E-state index contributed by atoms with van der Waals surface area (Å²) in [5.74, 6) is -0.0409. The van der Waals surface area contributed by atoms with Crippen molar-refractivity contribution in [1.29, 1.82) is 0 Å². The maximum Gasteiger partial charge on any atom is 0.387 e. The Balaban J connectivity index is 1.75. The van der Waals surface area contributed by atoms with E-state index < -0.39 is 6.61 Å². The van der Waals surface area contributed by atoms with E-state index in [9.17, 15) is 8.78 Å². The number of fused-ring (bicyclic) bond motifs is 2. The summed E-state index contributed by atoms with van der Waals surface area (Å²) in [5.41, 5.74) is 3.62. The fraction of sp³-hybridized carbons (Fsp3) is 0.143. The second-order valence-electron chi connectivity index (χ2n) is 6.91. The Kier molecular flexibility index (Phi) is 5.16. The van der Waals surface area contributed by atoms with Crippen molar-refractivity contribution >= 4 is 28.2 Å². The molecule has 4 aromatic heterocycles. The van der Waals surface area contributed by atoms with E-state index in [1.807, 2.05) is 6.07 Å². The maximum absolute atomic E-state index is 13.0. The molecule has 0 spiro atoms. The Morgan fingerprint density at radius 1 is 1.19 bits per heavy atom. The summed E-state index contributed by atoms with van der Waals surface area (Å²) in [4.78, 5) is 8.96. The topological polar surface area (TPSA) is 82.2 Å². The first kappa shape index (κ1) is 20.3. The molecule has 32 heavy (non-hydrogen) atoms. The summed E-state index contributed by atoms with van der Waals surface area (Å²) in [7, 11) is 1.79. The molecule has 8 nitrogen and oxygen atoms in total. The first-order valence-corrected chi connectivity index (χ1v) is 9.98. The Morgan fingerprint density at radius 3 is 2.88 bits per heavy atom. The van der Waals surface area contributed by atoms with Gasteiger partial charge in [-0.1, -0.05) is 11.6 Å². The van der Waals surface area contributed by atoms with Crippen LogP contribution in [0.15, 0.2) is 55.1 Å². The number of halogens is 3. The van der Waals surface area contributed by atoms with Gasteiger partial charge >= 0.3 is 6.61 Å². The molecule has 0 bridgehead atoms. The highest BCUT2D eigenvalue weighted by Gasteiger charge is 2.19. The summed E-state index contributed by atoms with van der Waals surface area (Å²) >= 11 is 6.17. The van der Waals surface area contributed by atoms with Gasteiger partial charge in [-0.05, 0) is 37.4 Å². The minimum Gasteiger partial charge on any atom is -0.433 e. The monoisotopic (exact) mass is 455 g/mol. The third kappa shape index (κ3) is 3.53.